The van der Waals surface area contributed by atoms with Crippen LogP contribution in [0.3, 0.4) is 0 Å². The van der Waals surface area contributed by atoms with Crippen molar-refractivity contribution < 1.29 is 19.4 Å². The molecule has 2 fully saturated rings. The number of hydrogen-bond acceptors (Lipinski definition) is 3. The van der Waals surface area contributed by atoms with E-state index in [9.17, 15) is 9.59 Å². The fraction of sp³-hybridized carbons (Fsp3) is 0.846. The second kappa shape index (κ2) is 4.88. The molecule has 0 radical (unpaired) electrons. The third-order valence-electron chi connectivity index (χ3n) is 3.66. The minimum Gasteiger partial charge on any atom is -0.481 e. The molecule has 0 aromatic heterocycles. The van der Waals surface area contributed by atoms with Gasteiger partial charge in [0.15, 0.2) is 0 Å². The number of hydrogen-bond donors (Lipinski definition) is 1. The summed E-state index contributed by atoms with van der Waals surface area (Å²) < 4.78 is 5.68. The molecule has 1 N–H and O–H groups in total. The average Bonchev–Trinajstić information content (AvgIpc) is 2.54. The largest absolute Gasteiger partial charge is 0.481 e. The van der Waals surface area contributed by atoms with Crippen LogP contribution in [0.2, 0.25) is 0 Å². The molecule has 2 unspecified atom stereocenters. The summed E-state index contributed by atoms with van der Waals surface area (Å²) in [6, 6.07) is 0. The van der Waals surface area contributed by atoms with Crippen molar-refractivity contribution in [3.8, 4) is 0 Å². The molecule has 1 amide bonds. The third kappa shape index (κ3) is 3.22. The minimum absolute atomic E-state index is 0.0237. The maximum atomic E-state index is 12.2. The number of likely N-dealkylation sites (tertiary alicyclic amines) is 1. The molecule has 102 valence electrons. The van der Waals surface area contributed by atoms with Gasteiger partial charge in [0.05, 0.1) is 18.6 Å². The number of carbonyl (C=O) groups excluding carboxylic acids is 1. The molecule has 2 rings (SSSR count). The molecular weight excluding hydrogens is 234 g/mol. The smallest absolute Gasteiger partial charge is 0.303 e. The molecule has 0 saturated carbocycles. The second-order valence-electron chi connectivity index (χ2n) is 6.17. The molecule has 2 heterocycles. The molecule has 0 aliphatic carbocycles. The zero-order valence-electron chi connectivity index (χ0n) is 11.0. The van der Waals surface area contributed by atoms with Crippen LogP contribution in [0.5, 0.6) is 0 Å². The molecule has 0 aromatic carbocycles. The van der Waals surface area contributed by atoms with Crippen LogP contribution < -0.4 is 0 Å². The molecule has 2 aliphatic rings. The first-order valence-corrected chi connectivity index (χ1v) is 6.51. The van der Waals surface area contributed by atoms with Crippen LogP contribution in [0.15, 0.2) is 0 Å². The van der Waals surface area contributed by atoms with E-state index >= 15 is 0 Å². The summed E-state index contributed by atoms with van der Waals surface area (Å²) >= 11 is 0. The number of carbonyl (C=O) groups is 2. The highest BCUT2D eigenvalue weighted by molar-refractivity contribution is 5.78. The van der Waals surface area contributed by atoms with Gasteiger partial charge in [0.1, 0.15) is 0 Å². The van der Waals surface area contributed by atoms with Gasteiger partial charge in [-0.05, 0) is 18.3 Å². The monoisotopic (exact) mass is 255 g/mol. The lowest BCUT2D eigenvalue weighted by atomic mass is 9.85. The van der Waals surface area contributed by atoms with E-state index in [2.05, 4.69) is 0 Å². The highest BCUT2D eigenvalue weighted by Crippen LogP contribution is 2.30. The number of carboxylic acid groups (broad SMARTS) is 1. The SMILES string of the molecule is CC(C)(CC(=O)O)CC(=O)N1CC2CCC(C1)O2. The Hall–Kier alpha value is -1.10. The van der Waals surface area contributed by atoms with Gasteiger partial charge < -0.3 is 14.7 Å². The lowest BCUT2D eigenvalue weighted by Gasteiger charge is -2.34. The van der Waals surface area contributed by atoms with E-state index in [0.717, 1.165) is 12.8 Å². The first kappa shape index (κ1) is 13.3. The Kier molecular flexibility index (Phi) is 3.61. The Labute approximate surface area is 107 Å². The summed E-state index contributed by atoms with van der Waals surface area (Å²) in [6.45, 7) is 4.99. The van der Waals surface area contributed by atoms with Crippen molar-refractivity contribution in [2.24, 2.45) is 5.41 Å². The first-order chi connectivity index (χ1) is 8.35. The van der Waals surface area contributed by atoms with Gasteiger partial charge >= 0.3 is 5.97 Å². The molecule has 0 spiro atoms. The lowest BCUT2D eigenvalue weighted by molar-refractivity contribution is -0.144. The van der Waals surface area contributed by atoms with Gasteiger partial charge in [0, 0.05) is 19.5 Å². The Morgan fingerprint density at radius 2 is 1.78 bits per heavy atom. The number of carboxylic acids is 1. The van der Waals surface area contributed by atoms with E-state index < -0.39 is 11.4 Å². The van der Waals surface area contributed by atoms with Gasteiger partial charge in [0.2, 0.25) is 5.91 Å². The second-order valence-corrected chi connectivity index (χ2v) is 6.17. The van der Waals surface area contributed by atoms with Crippen molar-refractivity contribution in [2.75, 3.05) is 13.1 Å². The standard InChI is InChI=1S/C13H21NO4/c1-13(2,6-12(16)17)5-11(15)14-7-9-3-4-10(8-14)18-9/h9-10H,3-8H2,1-2H3,(H,16,17). The summed E-state index contributed by atoms with van der Waals surface area (Å²) in [5.41, 5.74) is -0.486. The van der Waals surface area contributed by atoms with Crippen LogP contribution in [0.4, 0.5) is 0 Å². The molecular formula is C13H21NO4. The van der Waals surface area contributed by atoms with Crippen LogP contribution in [0.1, 0.15) is 39.5 Å². The number of nitrogens with zero attached hydrogens (tertiary/aromatic N) is 1. The molecule has 2 aliphatic heterocycles. The Bertz CT molecular complexity index is 341. The predicted octanol–water partition coefficient (Wildman–Crippen LogP) is 1.27. The molecule has 2 saturated heterocycles. The van der Waals surface area contributed by atoms with Crippen LogP contribution in [0, 0.1) is 5.41 Å². The Morgan fingerprint density at radius 1 is 1.22 bits per heavy atom. The van der Waals surface area contributed by atoms with Crippen molar-refractivity contribution in [3.63, 3.8) is 0 Å². The van der Waals surface area contributed by atoms with E-state index in [4.69, 9.17) is 9.84 Å². The Balaban J connectivity index is 1.90. The van der Waals surface area contributed by atoms with Crippen LogP contribution >= 0.6 is 0 Å². The minimum atomic E-state index is -0.852. The van der Waals surface area contributed by atoms with Crippen molar-refractivity contribution in [2.45, 2.75) is 51.7 Å². The van der Waals surface area contributed by atoms with Gasteiger partial charge in [-0.25, -0.2) is 0 Å². The van der Waals surface area contributed by atoms with Crippen LogP contribution in [-0.4, -0.2) is 47.2 Å². The number of ether oxygens (including phenoxy) is 1. The normalized spacial score (nSPS) is 27.3. The van der Waals surface area contributed by atoms with Gasteiger partial charge in [-0.15, -0.1) is 0 Å². The lowest BCUT2D eigenvalue weighted by Crippen LogP contribution is -2.46. The highest BCUT2D eigenvalue weighted by atomic mass is 16.5. The number of morpholine rings is 1. The van der Waals surface area contributed by atoms with Gasteiger partial charge in [0.25, 0.3) is 0 Å². The first-order valence-electron chi connectivity index (χ1n) is 6.51. The summed E-state index contributed by atoms with van der Waals surface area (Å²) in [5, 5.41) is 8.82. The molecule has 2 bridgehead atoms. The maximum absolute atomic E-state index is 12.2. The molecule has 5 heteroatoms. The van der Waals surface area contributed by atoms with E-state index in [0.29, 0.717) is 19.5 Å². The molecule has 18 heavy (non-hydrogen) atoms. The zero-order valence-corrected chi connectivity index (χ0v) is 11.0. The van der Waals surface area contributed by atoms with E-state index in [1.165, 1.54) is 0 Å². The highest BCUT2D eigenvalue weighted by Gasteiger charge is 2.37. The zero-order chi connectivity index (χ0) is 13.3. The third-order valence-corrected chi connectivity index (χ3v) is 3.66. The average molecular weight is 255 g/mol. The predicted molar refractivity (Wildman–Crippen MR) is 65.1 cm³/mol. The molecule has 0 aromatic rings. The van der Waals surface area contributed by atoms with Gasteiger partial charge in [-0.2, -0.15) is 0 Å². The van der Waals surface area contributed by atoms with Crippen molar-refractivity contribution in [1.82, 2.24) is 4.90 Å². The van der Waals surface area contributed by atoms with E-state index in [1.807, 2.05) is 18.7 Å². The van der Waals surface area contributed by atoms with Crippen LogP contribution in [0.25, 0.3) is 0 Å². The number of fused-ring (bicyclic) bond motifs is 2. The van der Waals surface area contributed by atoms with E-state index in [1.54, 1.807) is 0 Å². The van der Waals surface area contributed by atoms with Gasteiger partial charge in [-0.3, -0.25) is 9.59 Å². The molecule has 2 atom stereocenters. The summed E-state index contributed by atoms with van der Waals surface area (Å²) in [4.78, 5) is 24.8. The van der Waals surface area contributed by atoms with Crippen molar-refractivity contribution in [1.29, 1.82) is 0 Å². The maximum Gasteiger partial charge on any atom is 0.303 e. The topological polar surface area (TPSA) is 66.8 Å². The Morgan fingerprint density at radius 3 is 2.28 bits per heavy atom. The summed E-state index contributed by atoms with van der Waals surface area (Å²) in [5.74, 6) is -0.795. The summed E-state index contributed by atoms with van der Waals surface area (Å²) in [6.07, 6.45) is 2.76. The molecule has 5 nitrogen and oxygen atoms in total. The van der Waals surface area contributed by atoms with Crippen molar-refractivity contribution in [3.05, 3.63) is 0 Å². The number of amides is 1. The van der Waals surface area contributed by atoms with Gasteiger partial charge in [-0.1, -0.05) is 13.8 Å². The van der Waals surface area contributed by atoms with Crippen molar-refractivity contribution >= 4 is 11.9 Å². The fourth-order valence-corrected chi connectivity index (χ4v) is 2.81. The van der Waals surface area contributed by atoms with Crippen LogP contribution in [-0.2, 0) is 14.3 Å². The van der Waals surface area contributed by atoms with E-state index in [-0.39, 0.29) is 24.5 Å². The quantitative estimate of drug-likeness (QED) is 0.821. The summed E-state index contributed by atoms with van der Waals surface area (Å²) in [7, 11) is 0. The number of aliphatic carboxylic acids is 1. The number of rotatable bonds is 4. The fourth-order valence-electron chi connectivity index (χ4n) is 2.81.